The SMILES string of the molecule is COc1ccc(O[C@@H]2CN(C3CSCCSC3)CC[C@H]2O)cc1OC. The number of methoxy groups -OCH3 is 2. The molecular formula is C18H27NO4S2. The molecule has 2 aliphatic rings. The summed E-state index contributed by atoms with van der Waals surface area (Å²) in [5.41, 5.74) is 0. The first-order valence-corrected chi connectivity index (χ1v) is 11.0. The molecule has 140 valence electrons. The van der Waals surface area contributed by atoms with Crippen LogP contribution in [0.5, 0.6) is 17.2 Å². The van der Waals surface area contributed by atoms with Gasteiger partial charge in [0.1, 0.15) is 11.9 Å². The van der Waals surface area contributed by atoms with E-state index in [1.807, 2.05) is 41.7 Å². The molecule has 1 aromatic rings. The lowest BCUT2D eigenvalue weighted by molar-refractivity contribution is -0.0315. The van der Waals surface area contributed by atoms with Crippen molar-refractivity contribution in [3.63, 3.8) is 0 Å². The molecule has 2 fully saturated rings. The largest absolute Gasteiger partial charge is 0.493 e. The fourth-order valence-electron chi connectivity index (χ4n) is 3.26. The van der Waals surface area contributed by atoms with Gasteiger partial charge in [0.25, 0.3) is 0 Å². The summed E-state index contributed by atoms with van der Waals surface area (Å²) in [6.45, 7) is 1.71. The van der Waals surface area contributed by atoms with Gasteiger partial charge in [-0.05, 0) is 18.6 Å². The number of aliphatic hydroxyl groups excluding tert-OH is 1. The number of likely N-dealkylation sites (tertiary alicyclic amines) is 1. The van der Waals surface area contributed by atoms with E-state index in [4.69, 9.17) is 14.2 Å². The molecule has 1 N–H and O–H groups in total. The Hall–Kier alpha value is -0.760. The van der Waals surface area contributed by atoms with Crippen LogP contribution in [0.2, 0.25) is 0 Å². The molecule has 25 heavy (non-hydrogen) atoms. The van der Waals surface area contributed by atoms with Crippen LogP contribution in [0.15, 0.2) is 18.2 Å². The zero-order valence-corrected chi connectivity index (χ0v) is 16.5. The van der Waals surface area contributed by atoms with E-state index in [9.17, 15) is 5.11 Å². The Morgan fingerprint density at radius 3 is 2.48 bits per heavy atom. The number of benzene rings is 1. The molecule has 0 aromatic heterocycles. The summed E-state index contributed by atoms with van der Waals surface area (Å²) in [4.78, 5) is 2.49. The number of thioether (sulfide) groups is 2. The maximum atomic E-state index is 10.4. The Morgan fingerprint density at radius 2 is 1.80 bits per heavy atom. The van der Waals surface area contributed by atoms with Crippen molar-refractivity contribution in [2.75, 3.05) is 50.3 Å². The van der Waals surface area contributed by atoms with Gasteiger partial charge in [-0.3, -0.25) is 4.90 Å². The number of nitrogens with zero attached hydrogens (tertiary/aromatic N) is 1. The van der Waals surface area contributed by atoms with Gasteiger partial charge in [0.15, 0.2) is 11.5 Å². The zero-order chi connectivity index (χ0) is 17.6. The van der Waals surface area contributed by atoms with Crippen LogP contribution in [0, 0.1) is 0 Å². The summed E-state index contributed by atoms with van der Waals surface area (Å²) in [6, 6.07) is 6.09. The third kappa shape index (κ3) is 4.90. The van der Waals surface area contributed by atoms with E-state index in [0.717, 1.165) is 19.5 Å². The highest BCUT2D eigenvalue weighted by atomic mass is 32.2. The van der Waals surface area contributed by atoms with Gasteiger partial charge < -0.3 is 19.3 Å². The second-order valence-corrected chi connectivity index (χ2v) is 8.63. The first kappa shape index (κ1) is 19.0. The highest BCUT2D eigenvalue weighted by Crippen LogP contribution is 2.32. The minimum atomic E-state index is -0.435. The molecule has 0 bridgehead atoms. The molecule has 3 rings (SSSR count). The second-order valence-electron chi connectivity index (χ2n) is 6.33. The van der Waals surface area contributed by atoms with E-state index in [1.54, 1.807) is 14.2 Å². The van der Waals surface area contributed by atoms with Crippen LogP contribution < -0.4 is 14.2 Å². The Labute approximate surface area is 158 Å². The molecule has 2 aliphatic heterocycles. The van der Waals surface area contributed by atoms with Gasteiger partial charge >= 0.3 is 0 Å². The van der Waals surface area contributed by atoms with Crippen LogP contribution in [-0.4, -0.2) is 78.6 Å². The number of aliphatic hydroxyl groups is 1. The Bertz CT molecular complexity index is 552. The first-order chi connectivity index (χ1) is 12.2. The average molecular weight is 386 g/mol. The molecule has 5 nitrogen and oxygen atoms in total. The van der Waals surface area contributed by atoms with Crippen LogP contribution in [0.4, 0.5) is 0 Å². The van der Waals surface area contributed by atoms with Gasteiger partial charge in [-0.1, -0.05) is 0 Å². The second kappa shape index (κ2) is 9.26. The van der Waals surface area contributed by atoms with Crippen LogP contribution in [0.25, 0.3) is 0 Å². The highest BCUT2D eigenvalue weighted by molar-refractivity contribution is 8.03. The van der Waals surface area contributed by atoms with E-state index < -0.39 is 6.10 Å². The molecule has 7 heteroatoms. The molecule has 0 aliphatic carbocycles. The van der Waals surface area contributed by atoms with Gasteiger partial charge in [0.2, 0.25) is 0 Å². The van der Waals surface area contributed by atoms with Gasteiger partial charge in [0.05, 0.1) is 20.3 Å². The molecule has 1 aromatic carbocycles. The molecule has 2 saturated heterocycles. The van der Waals surface area contributed by atoms with Crippen molar-refractivity contribution in [1.82, 2.24) is 4.90 Å². The summed E-state index contributed by atoms with van der Waals surface area (Å²) < 4.78 is 16.7. The molecule has 0 unspecified atom stereocenters. The Kier molecular flexibility index (Phi) is 7.04. The number of rotatable bonds is 5. The van der Waals surface area contributed by atoms with Crippen molar-refractivity contribution in [2.45, 2.75) is 24.7 Å². The predicted molar refractivity (Wildman–Crippen MR) is 105 cm³/mol. The monoisotopic (exact) mass is 385 g/mol. The standard InChI is InChI=1S/C18H27NO4S2/c1-21-16-4-3-14(9-17(16)22-2)23-18-10-19(6-5-15(18)20)13-11-24-7-8-25-12-13/h3-4,9,13,15,18,20H,5-8,10-12H2,1-2H3/t15-,18-/m1/s1. The first-order valence-electron chi connectivity index (χ1n) is 8.67. The summed E-state index contributed by atoms with van der Waals surface area (Å²) in [7, 11) is 3.23. The van der Waals surface area contributed by atoms with E-state index in [-0.39, 0.29) is 6.10 Å². The third-order valence-corrected chi connectivity index (χ3v) is 7.19. The van der Waals surface area contributed by atoms with Crippen LogP contribution >= 0.6 is 23.5 Å². The molecule has 2 heterocycles. The minimum Gasteiger partial charge on any atom is -0.493 e. The fourth-order valence-corrected chi connectivity index (χ4v) is 5.88. The van der Waals surface area contributed by atoms with Crippen molar-refractivity contribution >= 4 is 23.5 Å². The van der Waals surface area contributed by atoms with E-state index in [2.05, 4.69) is 4.90 Å². The Morgan fingerprint density at radius 1 is 1.08 bits per heavy atom. The number of piperidine rings is 1. The lowest BCUT2D eigenvalue weighted by Crippen LogP contribution is -2.54. The van der Waals surface area contributed by atoms with Gasteiger partial charge in [0, 0.05) is 48.2 Å². The van der Waals surface area contributed by atoms with Crippen molar-refractivity contribution in [1.29, 1.82) is 0 Å². The van der Waals surface area contributed by atoms with Crippen molar-refractivity contribution in [2.24, 2.45) is 0 Å². The smallest absolute Gasteiger partial charge is 0.164 e. The van der Waals surface area contributed by atoms with E-state index in [1.165, 1.54) is 23.0 Å². The molecule has 2 atom stereocenters. The van der Waals surface area contributed by atoms with Gasteiger partial charge in [-0.25, -0.2) is 0 Å². The van der Waals surface area contributed by atoms with E-state index >= 15 is 0 Å². The maximum absolute atomic E-state index is 10.4. The number of hydrogen-bond acceptors (Lipinski definition) is 7. The van der Waals surface area contributed by atoms with Crippen LogP contribution in [0.1, 0.15) is 6.42 Å². The third-order valence-electron chi connectivity index (χ3n) is 4.71. The quantitative estimate of drug-likeness (QED) is 0.835. The molecule has 0 amide bonds. The van der Waals surface area contributed by atoms with Crippen LogP contribution in [0.3, 0.4) is 0 Å². The summed E-state index contributed by atoms with van der Waals surface area (Å²) >= 11 is 4.07. The zero-order valence-electron chi connectivity index (χ0n) is 14.8. The average Bonchev–Trinajstić information content (AvgIpc) is 2.93. The van der Waals surface area contributed by atoms with Crippen molar-refractivity contribution < 1.29 is 19.3 Å². The summed E-state index contributed by atoms with van der Waals surface area (Å²) in [5, 5.41) is 10.4. The molecule has 0 radical (unpaired) electrons. The minimum absolute atomic E-state index is 0.217. The highest BCUT2D eigenvalue weighted by Gasteiger charge is 2.33. The maximum Gasteiger partial charge on any atom is 0.164 e. The Balaban J connectivity index is 1.66. The van der Waals surface area contributed by atoms with Crippen molar-refractivity contribution in [3.8, 4) is 17.2 Å². The summed E-state index contributed by atoms with van der Waals surface area (Å²) in [6.07, 6.45) is 0.101. The molecule has 0 spiro atoms. The van der Waals surface area contributed by atoms with E-state index in [0.29, 0.717) is 23.3 Å². The lowest BCUT2D eigenvalue weighted by Gasteiger charge is -2.40. The van der Waals surface area contributed by atoms with Crippen molar-refractivity contribution in [3.05, 3.63) is 18.2 Å². The van der Waals surface area contributed by atoms with Crippen LogP contribution in [-0.2, 0) is 0 Å². The normalized spacial score (nSPS) is 26.0. The summed E-state index contributed by atoms with van der Waals surface area (Å²) in [5.74, 6) is 6.84. The molecule has 0 saturated carbocycles. The lowest BCUT2D eigenvalue weighted by atomic mass is 10.0. The molecular weight excluding hydrogens is 358 g/mol. The topological polar surface area (TPSA) is 51.2 Å². The number of ether oxygens (including phenoxy) is 3. The van der Waals surface area contributed by atoms with Gasteiger partial charge in [-0.2, -0.15) is 23.5 Å². The van der Waals surface area contributed by atoms with Gasteiger partial charge in [-0.15, -0.1) is 0 Å². The number of hydrogen-bond donors (Lipinski definition) is 1. The predicted octanol–water partition coefficient (Wildman–Crippen LogP) is 2.37. The fraction of sp³-hybridized carbons (Fsp3) is 0.667.